The minimum Gasteiger partial charge on any atom is -0.301 e. The van der Waals surface area contributed by atoms with Gasteiger partial charge < -0.3 is 4.90 Å². The highest BCUT2D eigenvalue weighted by molar-refractivity contribution is 9.10. The molecule has 3 saturated heterocycles. The van der Waals surface area contributed by atoms with Crippen molar-refractivity contribution in [3.63, 3.8) is 0 Å². The molecule has 0 N–H and O–H groups in total. The van der Waals surface area contributed by atoms with Crippen LogP contribution in [0.15, 0.2) is 99.4 Å². The molecule has 3 aliphatic heterocycles. The predicted molar refractivity (Wildman–Crippen MR) is 177 cm³/mol. The van der Waals surface area contributed by atoms with Crippen LogP contribution in [0, 0.1) is 5.41 Å². The van der Waals surface area contributed by atoms with Gasteiger partial charge in [0.25, 0.3) is 0 Å². The fraction of sp³-hybridized carbons (Fsp3) is 0.257. The molecule has 2 spiro atoms. The molecule has 0 aromatic heterocycles. The lowest BCUT2D eigenvalue weighted by molar-refractivity contribution is -0.134. The lowest BCUT2D eigenvalue weighted by Crippen LogP contribution is -2.65. The number of carbonyl (C=O) groups excluding carboxylic acids is 2. The predicted octanol–water partition coefficient (Wildman–Crippen LogP) is 7.51. The number of hydrogen-bond acceptors (Lipinski definition) is 5. The van der Waals surface area contributed by atoms with E-state index in [1.165, 1.54) is 0 Å². The van der Waals surface area contributed by atoms with Crippen LogP contribution >= 0.6 is 43.6 Å². The molecule has 0 amide bonds. The highest BCUT2D eigenvalue weighted by Crippen LogP contribution is 2.69. The zero-order valence-electron chi connectivity index (χ0n) is 23.0. The van der Waals surface area contributed by atoms with E-state index in [9.17, 15) is 0 Å². The Bertz CT molecular complexity index is 1850. The number of Topliss-reactive ketones (excluding diaryl/α,β-unsaturated/α-hetero) is 2. The van der Waals surface area contributed by atoms with Gasteiger partial charge in [-0.2, -0.15) is 0 Å². The summed E-state index contributed by atoms with van der Waals surface area (Å²) in [7, 11) is 2.10. The Morgan fingerprint density at radius 1 is 0.881 bits per heavy atom. The van der Waals surface area contributed by atoms with Crippen molar-refractivity contribution in [3.8, 4) is 0 Å². The van der Waals surface area contributed by atoms with Gasteiger partial charge in [-0.1, -0.05) is 105 Å². The van der Waals surface area contributed by atoms with E-state index in [2.05, 4.69) is 91.2 Å². The van der Waals surface area contributed by atoms with Gasteiger partial charge in [-0.15, -0.1) is 11.8 Å². The van der Waals surface area contributed by atoms with Gasteiger partial charge in [0.1, 0.15) is 5.54 Å². The van der Waals surface area contributed by atoms with Crippen LogP contribution in [-0.4, -0.2) is 59.2 Å². The van der Waals surface area contributed by atoms with Gasteiger partial charge in [0, 0.05) is 56.8 Å². The molecule has 0 bridgehead atoms. The molecule has 1 aliphatic carbocycles. The second-order valence-corrected chi connectivity index (χ2v) is 14.7. The zero-order chi connectivity index (χ0) is 28.8. The molecule has 1 unspecified atom stereocenters. The van der Waals surface area contributed by atoms with Crippen molar-refractivity contribution >= 4 is 72.0 Å². The first-order valence-electron chi connectivity index (χ1n) is 14.2. The number of hydrogen-bond donors (Lipinski definition) is 0. The fourth-order valence-corrected chi connectivity index (χ4v) is 10.8. The van der Waals surface area contributed by atoms with Gasteiger partial charge in [-0.05, 0) is 52.7 Å². The van der Waals surface area contributed by atoms with Crippen LogP contribution in [0.2, 0.25) is 0 Å². The van der Waals surface area contributed by atoms with Crippen LogP contribution in [0.4, 0.5) is 0 Å². The van der Waals surface area contributed by atoms with E-state index in [0.29, 0.717) is 19.0 Å². The fourth-order valence-electron chi connectivity index (χ4n) is 8.58. The number of carbonyl (C=O) groups is 2. The van der Waals surface area contributed by atoms with Crippen molar-refractivity contribution in [2.24, 2.45) is 5.41 Å². The normalized spacial score (nSPS) is 29.9. The van der Waals surface area contributed by atoms with Gasteiger partial charge in [0.05, 0.1) is 5.41 Å². The number of piperidine rings is 1. The standard InChI is InChI=1S/C35H28Br2N2O2S/c1-38-17-23(16-22-8-2-4-14-27(22)36)32(40)34(19-38)31(24-11-3-5-15-28(24)37)29-18-42-20-39(29)35(34)26-13-7-10-21-9-6-12-25(30(21)26)33(35)41/h2-16,29,31H,17-20H2,1H3/b23-16+/t29-,31-,34?,35-/m0/s1. The van der Waals surface area contributed by atoms with Crippen LogP contribution in [0.25, 0.3) is 16.8 Å². The van der Waals surface area contributed by atoms with Crippen molar-refractivity contribution in [2.75, 3.05) is 31.8 Å². The van der Waals surface area contributed by atoms with Crippen molar-refractivity contribution < 1.29 is 9.59 Å². The quantitative estimate of drug-likeness (QED) is 0.203. The average molecular weight is 700 g/mol. The largest absolute Gasteiger partial charge is 0.301 e. The van der Waals surface area contributed by atoms with Crippen molar-refractivity contribution in [1.29, 1.82) is 0 Å². The molecule has 0 radical (unpaired) electrons. The van der Waals surface area contributed by atoms with Gasteiger partial charge >= 0.3 is 0 Å². The summed E-state index contributed by atoms with van der Waals surface area (Å²) in [6.07, 6.45) is 2.04. The summed E-state index contributed by atoms with van der Waals surface area (Å²) in [5.41, 5.74) is 2.41. The van der Waals surface area contributed by atoms with E-state index in [1.54, 1.807) is 0 Å². The Morgan fingerprint density at radius 3 is 2.40 bits per heavy atom. The van der Waals surface area contributed by atoms with Crippen LogP contribution in [-0.2, 0) is 10.3 Å². The molecule has 3 fully saturated rings. The van der Waals surface area contributed by atoms with E-state index in [0.717, 1.165) is 53.3 Å². The summed E-state index contributed by atoms with van der Waals surface area (Å²) in [5, 5.41) is 2.06. The number of ketones is 2. The molecule has 4 aromatic rings. The number of thioether (sulfide) groups is 1. The third kappa shape index (κ3) is 3.37. The van der Waals surface area contributed by atoms with Crippen molar-refractivity contribution in [2.45, 2.75) is 17.5 Å². The number of likely N-dealkylation sites (tertiary alicyclic amines) is 1. The van der Waals surface area contributed by atoms with Crippen LogP contribution in [0.3, 0.4) is 0 Å². The third-order valence-corrected chi connectivity index (χ3v) is 12.4. The first-order valence-corrected chi connectivity index (χ1v) is 17.0. The number of benzene rings is 4. The van der Waals surface area contributed by atoms with Crippen LogP contribution in [0.1, 0.15) is 33.0 Å². The molecule has 4 aromatic carbocycles. The molecule has 4 nitrogen and oxygen atoms in total. The number of likely N-dealkylation sites (N-methyl/N-ethyl adjacent to an activating group) is 1. The number of nitrogens with zero attached hydrogens (tertiary/aromatic N) is 2. The molecule has 3 heterocycles. The SMILES string of the molecule is CN1C/C(=C\c2ccccc2Br)C(=O)C2(C1)[C@@H](c1ccccc1Br)[C@@H]1CSCN1[C@@]21C(=O)c2cccc3cccc1c23. The van der Waals surface area contributed by atoms with E-state index < -0.39 is 11.0 Å². The minimum atomic E-state index is -1.11. The molecule has 210 valence electrons. The summed E-state index contributed by atoms with van der Waals surface area (Å²) < 4.78 is 1.93. The molecule has 8 rings (SSSR count). The second kappa shape index (κ2) is 9.73. The molecular formula is C35H28Br2N2O2S. The summed E-state index contributed by atoms with van der Waals surface area (Å²) in [5.74, 6) is 1.56. The Labute approximate surface area is 266 Å². The van der Waals surface area contributed by atoms with E-state index in [4.69, 9.17) is 0 Å². The first kappa shape index (κ1) is 27.0. The lowest BCUT2D eigenvalue weighted by atomic mass is 9.55. The molecule has 0 saturated carbocycles. The Balaban J connectivity index is 1.48. The Hall–Kier alpha value is -2.55. The Morgan fingerprint density at radius 2 is 1.62 bits per heavy atom. The molecule has 4 atom stereocenters. The second-order valence-electron chi connectivity index (χ2n) is 11.9. The summed E-state index contributed by atoms with van der Waals surface area (Å²) >= 11 is 9.45. The number of fused-ring (bicyclic) bond motifs is 4. The average Bonchev–Trinajstić information content (AvgIpc) is 3.62. The zero-order valence-corrected chi connectivity index (χ0v) is 27.0. The molecule has 4 aliphatic rings. The highest BCUT2D eigenvalue weighted by atomic mass is 79.9. The number of rotatable bonds is 2. The molecule has 7 heteroatoms. The molecule has 42 heavy (non-hydrogen) atoms. The van der Waals surface area contributed by atoms with Crippen LogP contribution in [0.5, 0.6) is 0 Å². The van der Waals surface area contributed by atoms with E-state index in [-0.39, 0.29) is 23.5 Å². The third-order valence-electron chi connectivity index (χ3n) is 9.91. The van der Waals surface area contributed by atoms with E-state index >= 15 is 9.59 Å². The van der Waals surface area contributed by atoms with Crippen molar-refractivity contribution in [3.05, 3.63) is 122 Å². The summed E-state index contributed by atoms with van der Waals surface area (Å²) in [4.78, 5) is 35.6. The lowest BCUT2D eigenvalue weighted by Gasteiger charge is -2.52. The van der Waals surface area contributed by atoms with Gasteiger partial charge in [0.2, 0.25) is 0 Å². The number of halogens is 2. The topological polar surface area (TPSA) is 40.6 Å². The van der Waals surface area contributed by atoms with Crippen molar-refractivity contribution in [1.82, 2.24) is 9.80 Å². The van der Waals surface area contributed by atoms with Crippen LogP contribution < -0.4 is 0 Å². The maximum Gasteiger partial charge on any atom is 0.189 e. The first-order chi connectivity index (χ1) is 20.4. The summed E-state index contributed by atoms with van der Waals surface area (Å²) in [6, 6.07) is 28.7. The Kier molecular flexibility index (Phi) is 6.26. The maximum atomic E-state index is 15.6. The minimum absolute atomic E-state index is 0.0300. The van der Waals surface area contributed by atoms with Gasteiger partial charge in [-0.25, -0.2) is 0 Å². The maximum absolute atomic E-state index is 15.6. The van der Waals surface area contributed by atoms with Gasteiger partial charge in [-0.3, -0.25) is 14.5 Å². The molecular weight excluding hydrogens is 672 g/mol. The summed E-state index contributed by atoms with van der Waals surface area (Å²) in [6.45, 7) is 1.03. The monoisotopic (exact) mass is 698 g/mol. The highest BCUT2D eigenvalue weighted by Gasteiger charge is 2.78. The van der Waals surface area contributed by atoms with E-state index in [1.807, 2.05) is 60.3 Å². The smallest absolute Gasteiger partial charge is 0.189 e. The van der Waals surface area contributed by atoms with Gasteiger partial charge in [0.15, 0.2) is 11.6 Å².